The van der Waals surface area contributed by atoms with Gasteiger partial charge in [-0.1, -0.05) is 0 Å². The van der Waals surface area contributed by atoms with Crippen molar-refractivity contribution in [1.29, 1.82) is 0 Å². The summed E-state index contributed by atoms with van der Waals surface area (Å²) in [5.74, 6) is 0. The van der Waals surface area contributed by atoms with Gasteiger partial charge in [-0.05, 0) is 0 Å². The summed E-state index contributed by atoms with van der Waals surface area (Å²) < 4.78 is 0. The zero-order chi connectivity index (χ0) is 4.28. The molecule has 1 atom stereocenters. The Hall–Kier alpha value is 0.170. The highest BCUT2D eigenvalue weighted by Gasteiger charge is 1.86. The van der Waals surface area contributed by atoms with Crippen LogP contribution in [0.15, 0.2) is 0 Å². The third kappa shape index (κ3) is 4.17. The summed E-state index contributed by atoms with van der Waals surface area (Å²) in [6, 6.07) is 0. The molecule has 0 radical (unpaired) electrons. The minimum atomic E-state index is -0.932. The van der Waals surface area contributed by atoms with Crippen molar-refractivity contribution in [2.24, 2.45) is 0 Å². The van der Waals surface area contributed by atoms with Gasteiger partial charge < -0.3 is 0 Å². The predicted molar refractivity (Wildman–Crippen MR) is 24.4 cm³/mol. The molecule has 28 valence electrons. The maximum atomic E-state index is 9.28. The lowest BCUT2D eigenvalue weighted by Crippen LogP contribution is -1.32. The Balaban J connectivity index is 3.60. The summed E-state index contributed by atoms with van der Waals surface area (Å²) >= 11 is 5.10. The second kappa shape index (κ2) is 2.41. The van der Waals surface area contributed by atoms with Gasteiger partial charge >= 0.3 is 12.6 Å². The third-order valence-electron chi connectivity index (χ3n) is 0.126. The van der Waals surface area contributed by atoms with E-state index in [0.29, 0.717) is 0 Å². The van der Waals surface area contributed by atoms with Gasteiger partial charge in [0, 0.05) is 0 Å². The number of hydrogen-bond acceptors (Lipinski definition) is 1. The molecule has 5 heavy (non-hydrogen) atoms. The molecule has 0 fully saturated rings. The van der Waals surface area contributed by atoms with E-state index in [1.807, 2.05) is 0 Å². The SMILES string of the molecule is C[P+](Cl)=C=O. The zero-order valence-electron chi connectivity index (χ0n) is 2.73. The normalized spacial score (nSPS) is 9.60. The van der Waals surface area contributed by atoms with Crippen LogP contribution in [0.1, 0.15) is 0 Å². The first-order valence-corrected chi connectivity index (χ1v) is 3.74. The van der Waals surface area contributed by atoms with Gasteiger partial charge in [-0.15, -0.1) is 0 Å². The van der Waals surface area contributed by atoms with Gasteiger partial charge in [-0.25, -0.2) is 0 Å². The van der Waals surface area contributed by atoms with E-state index in [0.717, 1.165) is 0 Å². The molecule has 0 aromatic rings. The van der Waals surface area contributed by atoms with E-state index in [9.17, 15) is 4.79 Å². The van der Waals surface area contributed by atoms with Crippen LogP contribution in [0.25, 0.3) is 0 Å². The highest BCUT2D eigenvalue weighted by atomic mass is 35.7. The van der Waals surface area contributed by atoms with Crippen LogP contribution in [0, 0.1) is 0 Å². The van der Waals surface area contributed by atoms with E-state index < -0.39 is 6.90 Å². The summed E-state index contributed by atoms with van der Waals surface area (Å²) in [5.41, 5.74) is 1.61. The lowest BCUT2D eigenvalue weighted by molar-refractivity contribution is 0.572. The second-order valence-corrected chi connectivity index (χ2v) is 3.23. The number of hydrogen-bond donors (Lipinski definition) is 0. The lowest BCUT2D eigenvalue weighted by Gasteiger charge is -1.38. The molecule has 0 rings (SSSR count). The fraction of sp³-hybridized carbons (Fsp3) is 0.500. The Morgan fingerprint density at radius 1 is 2.00 bits per heavy atom. The molecule has 0 saturated heterocycles. The Morgan fingerprint density at radius 3 is 2.20 bits per heavy atom. The fourth-order valence-corrected chi connectivity index (χ4v) is 0. The minimum absolute atomic E-state index is 0.932. The second-order valence-electron chi connectivity index (χ2n) is 0.568. The van der Waals surface area contributed by atoms with Crippen molar-refractivity contribution in [3.05, 3.63) is 0 Å². The van der Waals surface area contributed by atoms with Crippen molar-refractivity contribution < 1.29 is 4.79 Å². The molecule has 0 heterocycles. The highest BCUT2D eigenvalue weighted by molar-refractivity contribution is 7.81. The summed E-state index contributed by atoms with van der Waals surface area (Å²) in [7, 11) is 0. The van der Waals surface area contributed by atoms with Crippen LogP contribution >= 0.6 is 18.1 Å². The summed E-state index contributed by atoms with van der Waals surface area (Å²) in [6.45, 7) is 0.697. The Labute approximate surface area is 36.1 Å². The first kappa shape index (κ1) is 5.17. The monoisotopic (exact) mass is 109 g/mol. The van der Waals surface area contributed by atoms with Crippen LogP contribution < -0.4 is 0 Å². The molecule has 0 bridgehead atoms. The molecule has 0 aliphatic heterocycles. The maximum absolute atomic E-state index is 9.28. The van der Waals surface area contributed by atoms with Crippen molar-refractivity contribution in [1.82, 2.24) is 0 Å². The molecule has 1 nitrogen and oxygen atoms in total. The number of halogens is 1. The molecule has 0 amide bonds. The van der Waals surface area contributed by atoms with Crippen LogP contribution in [-0.4, -0.2) is 12.3 Å². The average Bonchev–Trinajstić information content (AvgIpc) is 1.38. The summed E-state index contributed by atoms with van der Waals surface area (Å²) in [6.07, 6.45) is 0. The average molecular weight is 109 g/mol. The molecule has 0 aliphatic rings. The van der Waals surface area contributed by atoms with Crippen LogP contribution in [-0.2, 0) is 4.79 Å². The van der Waals surface area contributed by atoms with Crippen molar-refractivity contribution in [2.75, 3.05) is 6.66 Å². The van der Waals surface area contributed by atoms with Gasteiger partial charge in [0.1, 0.15) is 6.66 Å². The molecule has 1 unspecified atom stereocenters. The Kier molecular flexibility index (Phi) is 2.49. The Morgan fingerprint density at radius 2 is 2.20 bits per heavy atom. The first-order valence-electron chi connectivity index (χ1n) is 1.04. The lowest BCUT2D eigenvalue weighted by atomic mass is 11.9. The highest BCUT2D eigenvalue weighted by Crippen LogP contribution is 2.18. The minimum Gasteiger partial charge on any atom is -0.182 e. The van der Waals surface area contributed by atoms with Crippen molar-refractivity contribution in [3.63, 3.8) is 0 Å². The number of rotatable bonds is 0. The Bertz CT molecular complexity index is 69.7. The quantitative estimate of drug-likeness (QED) is 0.429. The van der Waals surface area contributed by atoms with E-state index in [2.05, 4.69) is 0 Å². The van der Waals surface area contributed by atoms with Crippen LogP contribution in [0.3, 0.4) is 0 Å². The van der Waals surface area contributed by atoms with Gasteiger partial charge in [0.25, 0.3) is 0 Å². The maximum Gasteiger partial charge on any atom is 0.351 e. The van der Waals surface area contributed by atoms with Gasteiger partial charge in [-0.3, -0.25) is 0 Å². The molecule has 0 aromatic carbocycles. The van der Waals surface area contributed by atoms with Crippen LogP contribution in [0.5, 0.6) is 0 Å². The number of carbonyl (C=O) groups excluding carboxylic acids is 1. The van der Waals surface area contributed by atoms with E-state index in [1.54, 1.807) is 12.3 Å². The van der Waals surface area contributed by atoms with E-state index in [4.69, 9.17) is 11.2 Å². The predicted octanol–water partition coefficient (Wildman–Crippen LogP) is 1.32. The van der Waals surface area contributed by atoms with Gasteiger partial charge in [-0.2, -0.15) is 4.79 Å². The smallest absolute Gasteiger partial charge is 0.182 e. The zero-order valence-corrected chi connectivity index (χ0v) is 4.38. The van der Waals surface area contributed by atoms with E-state index >= 15 is 0 Å². The molecular weight excluding hydrogens is 106 g/mol. The largest absolute Gasteiger partial charge is 0.351 e. The summed E-state index contributed by atoms with van der Waals surface area (Å²) in [5, 5.41) is 0. The molecule has 0 saturated carbocycles. The van der Waals surface area contributed by atoms with Crippen molar-refractivity contribution >= 4 is 23.8 Å². The van der Waals surface area contributed by atoms with Crippen molar-refractivity contribution in [2.45, 2.75) is 0 Å². The molecule has 0 aliphatic carbocycles. The summed E-state index contributed by atoms with van der Waals surface area (Å²) in [4.78, 5) is 9.28. The molecule has 3 heteroatoms. The van der Waals surface area contributed by atoms with Gasteiger partial charge in [0.15, 0.2) is 11.2 Å². The van der Waals surface area contributed by atoms with E-state index in [1.165, 1.54) is 0 Å². The van der Waals surface area contributed by atoms with Crippen molar-refractivity contribution in [3.8, 4) is 0 Å². The fourth-order valence-electron chi connectivity index (χ4n) is 0. The van der Waals surface area contributed by atoms with Gasteiger partial charge in [0.2, 0.25) is 0 Å². The first-order chi connectivity index (χ1) is 2.27. The third-order valence-corrected chi connectivity index (χ3v) is 0.584. The molecule has 0 aromatic heterocycles. The van der Waals surface area contributed by atoms with E-state index in [-0.39, 0.29) is 0 Å². The molecular formula is C2H3ClOP+. The molecule has 0 spiro atoms. The molecule has 0 N–H and O–H groups in total. The topological polar surface area (TPSA) is 17.1 Å². The van der Waals surface area contributed by atoms with Crippen LogP contribution in [0.4, 0.5) is 0 Å². The standard InChI is InChI=1S/C2H3ClOP/c1-5(3)2-4/h1H3/q+1. The van der Waals surface area contributed by atoms with Gasteiger partial charge in [0.05, 0.1) is 0 Å². The van der Waals surface area contributed by atoms with Crippen LogP contribution in [0.2, 0.25) is 0 Å².